The van der Waals surface area contributed by atoms with Crippen LogP contribution in [0.5, 0.6) is 5.75 Å². The number of benzene rings is 1. The molecule has 0 aromatic heterocycles. The first-order valence-corrected chi connectivity index (χ1v) is 10.5. The highest BCUT2D eigenvalue weighted by Gasteiger charge is 2.50. The molecule has 1 aliphatic heterocycles. The minimum atomic E-state index is -0.588. The molecule has 0 saturated heterocycles. The van der Waals surface area contributed by atoms with Crippen LogP contribution < -0.4 is 0 Å². The maximum Gasteiger partial charge on any atom is 0.168 e. The van der Waals surface area contributed by atoms with Gasteiger partial charge in [0.25, 0.3) is 0 Å². The fourth-order valence-corrected chi connectivity index (χ4v) is 4.93. The number of hydrogen-bond donors (Lipinski definition) is 1. The van der Waals surface area contributed by atoms with Gasteiger partial charge in [0.1, 0.15) is 17.3 Å². The molecule has 148 valence electrons. The number of phenols is 1. The van der Waals surface area contributed by atoms with Crippen molar-refractivity contribution in [3.63, 3.8) is 0 Å². The molecule has 0 fully saturated rings. The van der Waals surface area contributed by atoms with Crippen molar-refractivity contribution in [1.82, 2.24) is 0 Å². The van der Waals surface area contributed by atoms with E-state index in [1.807, 2.05) is 19.9 Å². The summed E-state index contributed by atoms with van der Waals surface area (Å²) in [4.78, 5) is 26.5. The smallest absolute Gasteiger partial charge is 0.168 e. The minimum Gasteiger partial charge on any atom is -0.508 e. The largest absolute Gasteiger partial charge is 0.508 e. The summed E-state index contributed by atoms with van der Waals surface area (Å²) in [6.07, 6.45) is 2.49. The van der Waals surface area contributed by atoms with Crippen molar-refractivity contribution in [3.05, 3.63) is 50.9 Å². The Balaban J connectivity index is 2.02. The van der Waals surface area contributed by atoms with Gasteiger partial charge >= 0.3 is 0 Å². The van der Waals surface area contributed by atoms with Crippen molar-refractivity contribution in [2.24, 2.45) is 10.8 Å². The Kier molecular flexibility index (Phi) is 4.38. The number of rotatable bonds is 1. The Labute approximate surface area is 173 Å². The Morgan fingerprint density at radius 1 is 1.04 bits per heavy atom. The van der Waals surface area contributed by atoms with Gasteiger partial charge < -0.3 is 9.84 Å². The van der Waals surface area contributed by atoms with E-state index in [0.29, 0.717) is 53.9 Å². The third-order valence-corrected chi connectivity index (χ3v) is 6.87. The molecule has 5 heteroatoms. The highest BCUT2D eigenvalue weighted by atomic mass is 79.9. The summed E-state index contributed by atoms with van der Waals surface area (Å²) in [6, 6.07) is 5.17. The molecule has 1 unspecified atom stereocenters. The number of aromatic hydroxyl groups is 1. The second-order valence-corrected chi connectivity index (χ2v) is 10.3. The van der Waals surface area contributed by atoms with Crippen LogP contribution in [0.4, 0.5) is 0 Å². The van der Waals surface area contributed by atoms with Gasteiger partial charge in [-0.05, 0) is 31.0 Å². The van der Waals surface area contributed by atoms with Gasteiger partial charge in [-0.1, -0.05) is 43.6 Å². The average Bonchev–Trinajstić information content (AvgIpc) is 2.63. The van der Waals surface area contributed by atoms with E-state index in [9.17, 15) is 14.7 Å². The van der Waals surface area contributed by atoms with E-state index < -0.39 is 11.3 Å². The van der Waals surface area contributed by atoms with Gasteiger partial charge in [-0.2, -0.15) is 0 Å². The Hall–Kier alpha value is -1.88. The van der Waals surface area contributed by atoms with Crippen molar-refractivity contribution in [2.45, 2.75) is 59.3 Å². The summed E-state index contributed by atoms with van der Waals surface area (Å²) in [7, 11) is 0. The summed E-state index contributed by atoms with van der Waals surface area (Å²) in [5.41, 5.74) is 0.837. The molecule has 4 nitrogen and oxygen atoms in total. The van der Waals surface area contributed by atoms with E-state index in [1.165, 1.54) is 0 Å². The predicted octanol–water partition coefficient (Wildman–Crippen LogP) is 5.55. The second-order valence-electron chi connectivity index (χ2n) is 9.34. The van der Waals surface area contributed by atoms with Crippen LogP contribution in [0.3, 0.4) is 0 Å². The van der Waals surface area contributed by atoms with Crippen LogP contribution >= 0.6 is 15.9 Å². The number of halogens is 1. The van der Waals surface area contributed by atoms with Crippen molar-refractivity contribution in [3.8, 4) is 5.75 Å². The zero-order valence-electron chi connectivity index (χ0n) is 16.7. The number of ketones is 2. The van der Waals surface area contributed by atoms with E-state index in [0.717, 1.165) is 4.47 Å². The van der Waals surface area contributed by atoms with E-state index in [4.69, 9.17) is 4.74 Å². The zero-order valence-corrected chi connectivity index (χ0v) is 18.3. The van der Waals surface area contributed by atoms with Crippen molar-refractivity contribution >= 4 is 27.5 Å². The fraction of sp³-hybridized carbons (Fsp3) is 0.478. The molecule has 0 spiro atoms. The zero-order chi connectivity index (χ0) is 20.4. The molecule has 3 aliphatic rings. The van der Waals surface area contributed by atoms with E-state index >= 15 is 0 Å². The van der Waals surface area contributed by atoms with Gasteiger partial charge in [0.05, 0.1) is 5.92 Å². The lowest BCUT2D eigenvalue weighted by Crippen LogP contribution is -2.40. The molecule has 0 saturated carbocycles. The van der Waals surface area contributed by atoms with Gasteiger partial charge in [-0.15, -0.1) is 0 Å². The molecule has 0 bridgehead atoms. The third-order valence-electron chi connectivity index (χ3n) is 6.38. The normalized spacial score (nSPS) is 26.0. The monoisotopic (exact) mass is 444 g/mol. The summed E-state index contributed by atoms with van der Waals surface area (Å²) in [5.74, 6) is 0.827. The Morgan fingerprint density at radius 2 is 1.71 bits per heavy atom. The first kappa shape index (κ1) is 19.4. The quantitative estimate of drug-likeness (QED) is 0.615. The Bertz CT molecular complexity index is 965. The fourth-order valence-electron chi connectivity index (χ4n) is 4.55. The van der Waals surface area contributed by atoms with Crippen LogP contribution in [0.25, 0.3) is 0 Å². The van der Waals surface area contributed by atoms with Crippen molar-refractivity contribution in [2.75, 3.05) is 0 Å². The van der Waals surface area contributed by atoms with Crippen molar-refractivity contribution < 1.29 is 19.4 Å². The topological polar surface area (TPSA) is 63.6 Å². The number of ether oxygens (including phenoxy) is 1. The molecule has 4 rings (SSSR count). The molecule has 2 aliphatic carbocycles. The minimum absolute atomic E-state index is 0.000792. The molecule has 0 radical (unpaired) electrons. The summed E-state index contributed by atoms with van der Waals surface area (Å²) < 4.78 is 7.08. The second kappa shape index (κ2) is 6.31. The lowest BCUT2D eigenvalue weighted by Gasteiger charge is -2.44. The average molecular weight is 445 g/mol. The first-order chi connectivity index (χ1) is 13.0. The number of carbonyl (C=O) groups is 2. The van der Waals surface area contributed by atoms with Gasteiger partial charge in [-0.25, -0.2) is 0 Å². The number of allylic oxidation sites excluding steroid dienone is 4. The lowest BCUT2D eigenvalue weighted by atomic mass is 9.64. The van der Waals surface area contributed by atoms with Gasteiger partial charge in [0.15, 0.2) is 11.6 Å². The van der Waals surface area contributed by atoms with Crippen LogP contribution in [0.15, 0.2) is 45.3 Å². The number of hydrogen-bond acceptors (Lipinski definition) is 4. The van der Waals surface area contributed by atoms with Crippen LogP contribution in [0.1, 0.15) is 64.9 Å². The molecule has 0 amide bonds. The van der Waals surface area contributed by atoms with E-state index in [2.05, 4.69) is 29.8 Å². The maximum atomic E-state index is 13.4. The number of Topliss-reactive ketones (excluding diaryl/α,β-unsaturated/α-hetero) is 2. The SMILES string of the molecule is CC1(C)CCC2=C(C1=O)C(c1cc(Br)ccc1O)C1=C(O2)C(C)(C)CCC1=O. The summed E-state index contributed by atoms with van der Waals surface area (Å²) in [5, 5.41) is 10.7. The van der Waals surface area contributed by atoms with Gasteiger partial charge in [0.2, 0.25) is 0 Å². The predicted molar refractivity (Wildman–Crippen MR) is 110 cm³/mol. The van der Waals surface area contributed by atoms with Gasteiger partial charge in [0, 0.05) is 44.9 Å². The Morgan fingerprint density at radius 3 is 2.43 bits per heavy atom. The number of carbonyl (C=O) groups excluding carboxylic acids is 2. The molecule has 1 aromatic carbocycles. The molecular formula is C23H25BrO4. The molecule has 1 aromatic rings. The van der Waals surface area contributed by atoms with Crippen LogP contribution in [-0.2, 0) is 14.3 Å². The highest BCUT2D eigenvalue weighted by molar-refractivity contribution is 9.10. The van der Waals surface area contributed by atoms with Crippen LogP contribution in [0, 0.1) is 10.8 Å². The summed E-state index contributed by atoms with van der Waals surface area (Å²) >= 11 is 3.47. The molecule has 1 heterocycles. The molecule has 1 N–H and O–H groups in total. The van der Waals surface area contributed by atoms with E-state index in [-0.39, 0.29) is 22.7 Å². The highest BCUT2D eigenvalue weighted by Crippen LogP contribution is 2.55. The van der Waals surface area contributed by atoms with Gasteiger partial charge in [-0.3, -0.25) is 9.59 Å². The molecule has 1 atom stereocenters. The standard InChI is InChI=1S/C23H25BrO4/c1-22(2)10-8-16-19(20(22)27)17(13-11-12(24)5-6-14(13)25)18-15(26)7-9-23(3,4)21(18)28-16/h5-6,11,17,25H,7-10H2,1-4H3. The molecular weight excluding hydrogens is 420 g/mol. The van der Waals surface area contributed by atoms with Crippen LogP contribution in [0.2, 0.25) is 0 Å². The lowest BCUT2D eigenvalue weighted by molar-refractivity contribution is -0.125. The number of phenolic OH excluding ortho intramolecular Hbond substituents is 1. The molecule has 28 heavy (non-hydrogen) atoms. The maximum absolute atomic E-state index is 13.4. The summed E-state index contributed by atoms with van der Waals surface area (Å²) in [6.45, 7) is 8.03. The van der Waals surface area contributed by atoms with E-state index in [1.54, 1.807) is 12.1 Å². The van der Waals surface area contributed by atoms with Crippen LogP contribution in [-0.4, -0.2) is 16.7 Å². The third kappa shape index (κ3) is 2.86. The van der Waals surface area contributed by atoms with Crippen molar-refractivity contribution in [1.29, 1.82) is 0 Å². The first-order valence-electron chi connectivity index (χ1n) is 9.75.